The van der Waals surface area contributed by atoms with Crippen molar-refractivity contribution in [3.63, 3.8) is 0 Å². The fourth-order valence-corrected chi connectivity index (χ4v) is 5.89. The van der Waals surface area contributed by atoms with Crippen LogP contribution < -0.4 is 11.1 Å². The Bertz CT molecular complexity index is 1230. The summed E-state index contributed by atoms with van der Waals surface area (Å²) < 4.78 is 10.2. The van der Waals surface area contributed by atoms with Crippen molar-refractivity contribution in [3.8, 4) is 0 Å². The van der Waals surface area contributed by atoms with E-state index in [9.17, 15) is 14.4 Å². The predicted molar refractivity (Wildman–Crippen MR) is 164 cm³/mol. The van der Waals surface area contributed by atoms with E-state index in [1.807, 2.05) is 24.8 Å². The molecule has 0 spiro atoms. The van der Waals surface area contributed by atoms with Crippen molar-refractivity contribution < 1.29 is 23.4 Å². The van der Waals surface area contributed by atoms with E-state index < -0.39 is 6.04 Å². The Morgan fingerprint density at radius 2 is 1.65 bits per heavy atom. The number of nitrogens with one attached hydrogen (secondary N) is 1. The lowest BCUT2D eigenvalue weighted by atomic mass is 9.82. The number of ketones is 1. The van der Waals surface area contributed by atoms with E-state index in [4.69, 9.17) is 14.8 Å². The molecule has 3 N–H and O–H groups in total. The molecular weight excluding hydrogens is 546 g/mol. The van der Waals surface area contributed by atoms with Crippen molar-refractivity contribution in [3.05, 3.63) is 41.6 Å². The van der Waals surface area contributed by atoms with E-state index in [1.165, 1.54) is 18.9 Å². The molecule has 10 nitrogen and oxygen atoms in total. The van der Waals surface area contributed by atoms with E-state index in [0.717, 1.165) is 63.3 Å². The minimum atomic E-state index is -0.418. The Hall–Kier alpha value is -3.27. The second-order valence-corrected chi connectivity index (χ2v) is 13.2. The number of amides is 2. The van der Waals surface area contributed by atoms with E-state index in [2.05, 4.69) is 36.1 Å². The maximum atomic E-state index is 12.5. The van der Waals surface area contributed by atoms with Crippen molar-refractivity contribution >= 4 is 23.7 Å². The fourth-order valence-electron chi connectivity index (χ4n) is 5.89. The van der Waals surface area contributed by atoms with Gasteiger partial charge in [-0.2, -0.15) is 0 Å². The number of hydrogen-bond donors (Lipinski definition) is 2. The van der Waals surface area contributed by atoms with Gasteiger partial charge in [0, 0.05) is 43.6 Å². The third kappa shape index (κ3) is 9.11. The van der Waals surface area contributed by atoms with Crippen LogP contribution in [0.1, 0.15) is 124 Å². The third-order valence-corrected chi connectivity index (χ3v) is 9.27. The number of carbonyl (C=O) groups excluding carboxylic acids is 3. The quantitative estimate of drug-likeness (QED) is 0.337. The molecule has 3 heterocycles. The van der Waals surface area contributed by atoms with Gasteiger partial charge in [0.15, 0.2) is 17.2 Å². The monoisotopic (exact) mass is 595 g/mol. The van der Waals surface area contributed by atoms with Gasteiger partial charge in [0.25, 0.3) is 5.91 Å². The molecule has 10 heteroatoms. The zero-order chi connectivity index (χ0) is 31.1. The van der Waals surface area contributed by atoms with Crippen molar-refractivity contribution in [2.24, 2.45) is 29.4 Å². The summed E-state index contributed by atoms with van der Waals surface area (Å²) in [7, 11) is 0. The minimum absolute atomic E-state index is 0.0531. The lowest BCUT2D eigenvalue weighted by Gasteiger charge is -2.36. The van der Waals surface area contributed by atoms with Crippen LogP contribution in [0.25, 0.3) is 6.08 Å². The number of carbonyl (C=O) groups is 3. The zero-order valence-corrected chi connectivity index (χ0v) is 26.2. The van der Waals surface area contributed by atoms with Crippen LogP contribution in [0, 0.1) is 23.7 Å². The summed E-state index contributed by atoms with van der Waals surface area (Å²) in [6.45, 7) is 13.4. The molecular formula is C33H49N5O5. The van der Waals surface area contributed by atoms with E-state index in [-0.39, 0.29) is 35.5 Å². The Morgan fingerprint density at radius 3 is 2.23 bits per heavy atom. The Balaban J connectivity index is 0.000000215. The molecule has 0 radical (unpaired) electrons. The zero-order valence-electron chi connectivity index (χ0n) is 26.2. The SMILES string of the molecule is C=Cc1cc(C(=O)NC2CCC(C)CC2)no1.CC(CC(=O)c1cc(C2CC2)on1)C1CCN(C(=O)[C@H](N)C(C)C)CC1. The molecule has 3 aliphatic rings. The van der Waals surface area contributed by atoms with Crippen molar-refractivity contribution in [2.45, 2.75) is 103 Å². The van der Waals surface area contributed by atoms with Gasteiger partial charge in [-0.1, -0.05) is 44.6 Å². The highest BCUT2D eigenvalue weighted by Crippen LogP contribution is 2.40. The summed E-state index contributed by atoms with van der Waals surface area (Å²) in [6, 6.07) is 3.29. The van der Waals surface area contributed by atoms with Gasteiger partial charge in [-0.3, -0.25) is 14.4 Å². The van der Waals surface area contributed by atoms with Crippen LogP contribution in [0.2, 0.25) is 0 Å². The average Bonchev–Trinajstić information content (AvgIpc) is 3.52. The highest BCUT2D eigenvalue weighted by molar-refractivity contribution is 5.94. The number of rotatable bonds is 10. The van der Waals surface area contributed by atoms with Crippen molar-refractivity contribution in [2.75, 3.05) is 13.1 Å². The highest BCUT2D eigenvalue weighted by atomic mass is 16.5. The van der Waals surface area contributed by atoms with E-state index in [1.54, 1.807) is 6.07 Å². The lowest BCUT2D eigenvalue weighted by molar-refractivity contribution is -0.135. The Kier molecular flexibility index (Phi) is 11.3. The molecule has 236 valence electrons. The summed E-state index contributed by atoms with van der Waals surface area (Å²) in [5, 5.41) is 10.7. The topological polar surface area (TPSA) is 145 Å². The minimum Gasteiger partial charge on any atom is -0.360 e. The molecule has 1 aliphatic heterocycles. The molecule has 5 rings (SSSR count). The number of likely N-dealkylation sites (tertiary alicyclic amines) is 1. The molecule has 0 aromatic carbocycles. The largest absolute Gasteiger partial charge is 0.360 e. The van der Waals surface area contributed by atoms with E-state index in [0.29, 0.717) is 35.4 Å². The average molecular weight is 596 g/mol. The second kappa shape index (κ2) is 14.9. The van der Waals surface area contributed by atoms with Crippen LogP contribution in [0.5, 0.6) is 0 Å². The molecule has 2 amide bonds. The Morgan fingerprint density at radius 1 is 1.00 bits per heavy atom. The molecule has 2 aliphatic carbocycles. The van der Waals surface area contributed by atoms with Gasteiger partial charge < -0.3 is 25.0 Å². The number of aromatic nitrogens is 2. The smallest absolute Gasteiger partial charge is 0.273 e. The molecule has 0 bridgehead atoms. The molecule has 2 aromatic rings. The lowest BCUT2D eigenvalue weighted by Crippen LogP contribution is -2.49. The van der Waals surface area contributed by atoms with Gasteiger partial charge in [-0.05, 0) is 81.1 Å². The number of hydrogen-bond acceptors (Lipinski definition) is 8. The van der Waals surface area contributed by atoms with E-state index >= 15 is 0 Å². The van der Waals surface area contributed by atoms with Gasteiger partial charge in [-0.25, -0.2) is 0 Å². The van der Waals surface area contributed by atoms with Crippen LogP contribution in [0.15, 0.2) is 27.8 Å². The summed E-state index contributed by atoms with van der Waals surface area (Å²) >= 11 is 0. The van der Waals surface area contributed by atoms with Crippen LogP contribution >= 0.6 is 0 Å². The first-order chi connectivity index (χ1) is 20.5. The molecule has 1 saturated heterocycles. The standard InChI is InChI=1S/C20H31N3O3.C13H18N2O2/c1-12(2)19(21)20(25)23-8-6-14(7-9-23)13(3)10-17(24)16-11-18(26-22-16)15-4-5-15;1-3-11-8-12(15-17-11)13(16)14-10-6-4-9(2)5-7-10/h11-15,19H,4-10,21H2,1-3H3;3,8-10H,1,4-7H2,2H3,(H,14,16)/t13?,19-;/m1./s1. The summed E-state index contributed by atoms with van der Waals surface area (Å²) in [5.74, 6) is 3.48. The van der Waals surface area contributed by atoms with Crippen LogP contribution in [-0.4, -0.2) is 58.0 Å². The summed E-state index contributed by atoms with van der Waals surface area (Å²) in [5.41, 5.74) is 6.79. The van der Waals surface area contributed by atoms with Crippen LogP contribution in [0.4, 0.5) is 0 Å². The molecule has 1 unspecified atom stereocenters. The number of nitrogens with two attached hydrogens (primary N) is 1. The summed E-state index contributed by atoms with van der Waals surface area (Å²) in [6.07, 6.45) is 10.6. The maximum Gasteiger partial charge on any atom is 0.273 e. The highest BCUT2D eigenvalue weighted by Gasteiger charge is 2.32. The first kappa shape index (κ1) is 32.6. The van der Waals surface area contributed by atoms with Gasteiger partial charge in [-0.15, -0.1) is 0 Å². The van der Waals surface area contributed by atoms with Crippen LogP contribution in [0.3, 0.4) is 0 Å². The van der Waals surface area contributed by atoms with Gasteiger partial charge >= 0.3 is 0 Å². The van der Waals surface area contributed by atoms with Gasteiger partial charge in [0.05, 0.1) is 6.04 Å². The molecule has 43 heavy (non-hydrogen) atoms. The first-order valence-corrected chi connectivity index (χ1v) is 16.0. The van der Waals surface area contributed by atoms with Gasteiger partial charge in [0.2, 0.25) is 5.91 Å². The second-order valence-electron chi connectivity index (χ2n) is 13.2. The van der Waals surface area contributed by atoms with Crippen molar-refractivity contribution in [1.82, 2.24) is 20.5 Å². The number of piperidine rings is 1. The normalized spacial score (nSPS) is 22.3. The number of nitrogens with zero attached hydrogens (tertiary/aromatic N) is 3. The van der Waals surface area contributed by atoms with Crippen LogP contribution in [-0.2, 0) is 4.79 Å². The summed E-state index contributed by atoms with van der Waals surface area (Å²) in [4.78, 5) is 38.6. The molecule has 2 aromatic heterocycles. The maximum absolute atomic E-state index is 12.5. The Labute approximate surface area is 255 Å². The third-order valence-electron chi connectivity index (χ3n) is 9.27. The molecule has 3 fully saturated rings. The molecule has 2 saturated carbocycles. The molecule has 2 atom stereocenters. The number of Topliss-reactive ketones (excluding diaryl/α,β-unsaturated/α-hetero) is 1. The van der Waals surface area contributed by atoms with Gasteiger partial charge in [0.1, 0.15) is 11.5 Å². The predicted octanol–water partition coefficient (Wildman–Crippen LogP) is 5.61. The fraction of sp³-hybridized carbons (Fsp3) is 0.667. The van der Waals surface area contributed by atoms with Crippen molar-refractivity contribution in [1.29, 1.82) is 0 Å². The first-order valence-electron chi connectivity index (χ1n) is 16.0.